The Balaban J connectivity index is 1.32. The lowest BCUT2D eigenvalue weighted by molar-refractivity contribution is -0.689. The molecule has 38 heavy (non-hydrogen) atoms. The van der Waals surface area contributed by atoms with Crippen LogP contribution < -0.4 is 15.6 Å². The van der Waals surface area contributed by atoms with Crippen molar-refractivity contribution in [2.24, 2.45) is 5.16 Å². The number of nitrogen functional groups attached to an aromatic ring is 1. The van der Waals surface area contributed by atoms with E-state index in [2.05, 4.69) is 15.5 Å². The zero-order valence-corrected chi connectivity index (χ0v) is 21.7. The Labute approximate surface area is 225 Å². The Hall–Kier alpha value is -4.23. The minimum Gasteiger partial charge on any atom is -0.477 e. The molecule has 0 saturated carbocycles. The van der Waals surface area contributed by atoms with Crippen LogP contribution in [-0.2, 0) is 25.8 Å². The molecule has 1 fully saturated rings. The number of amides is 2. The number of nitrogens with zero attached hydrogens (tertiary/aromatic N) is 4. The summed E-state index contributed by atoms with van der Waals surface area (Å²) >= 11 is 2.53. The zero-order chi connectivity index (χ0) is 26.8. The van der Waals surface area contributed by atoms with E-state index in [1.165, 1.54) is 23.8 Å². The number of nitrogens with two attached hydrogens (primary N) is 1. The van der Waals surface area contributed by atoms with Crippen molar-refractivity contribution in [1.82, 2.24) is 15.2 Å². The number of fused-ring (bicyclic) bond motifs is 1. The Morgan fingerprint density at radius 1 is 1.24 bits per heavy atom. The first-order valence-electron chi connectivity index (χ1n) is 11.4. The van der Waals surface area contributed by atoms with Gasteiger partial charge < -0.3 is 21.0 Å². The highest BCUT2D eigenvalue weighted by Crippen LogP contribution is 2.40. The summed E-state index contributed by atoms with van der Waals surface area (Å²) in [5.41, 5.74) is 8.43. The smallest absolute Gasteiger partial charge is 0.352 e. The number of thioether (sulfide) groups is 1. The van der Waals surface area contributed by atoms with Crippen LogP contribution in [0.3, 0.4) is 0 Å². The summed E-state index contributed by atoms with van der Waals surface area (Å²) in [5, 5.41) is 17.6. The third-order valence-electron chi connectivity index (χ3n) is 6.07. The average Bonchev–Trinajstić information content (AvgIpc) is 3.36. The van der Waals surface area contributed by atoms with Crippen molar-refractivity contribution < 1.29 is 28.9 Å². The van der Waals surface area contributed by atoms with Gasteiger partial charge >= 0.3 is 5.97 Å². The van der Waals surface area contributed by atoms with Gasteiger partial charge in [-0.3, -0.25) is 14.5 Å². The first-order valence-corrected chi connectivity index (χ1v) is 13.4. The van der Waals surface area contributed by atoms with Crippen LogP contribution in [-0.4, -0.2) is 62.8 Å². The summed E-state index contributed by atoms with van der Waals surface area (Å²) in [6.07, 6.45) is 3.77. The molecule has 1 aromatic carbocycles. The highest BCUT2D eigenvalue weighted by atomic mass is 32.2. The van der Waals surface area contributed by atoms with Gasteiger partial charge in [0.1, 0.15) is 29.9 Å². The first-order chi connectivity index (χ1) is 18.4. The second-order valence-corrected chi connectivity index (χ2v) is 10.4. The molecule has 2 aromatic heterocycles. The summed E-state index contributed by atoms with van der Waals surface area (Å²) in [5.74, 6) is -1.98. The third-order valence-corrected chi connectivity index (χ3v) is 8.08. The van der Waals surface area contributed by atoms with E-state index in [1.54, 1.807) is 5.38 Å². The molecule has 0 unspecified atom stereocenters. The summed E-state index contributed by atoms with van der Waals surface area (Å²) < 4.78 is 1.88. The molecule has 4 N–H and O–H groups in total. The number of carbonyl (C=O) groups excluding carboxylic acids is 2. The van der Waals surface area contributed by atoms with Crippen LogP contribution in [0.2, 0.25) is 0 Å². The fourth-order valence-corrected chi connectivity index (χ4v) is 6.20. The van der Waals surface area contributed by atoms with Crippen molar-refractivity contribution in [1.29, 1.82) is 0 Å². The standard InChI is InChI=1S/C25H22N6O5S2/c1-36-29-18(17-13-38-25(26)27-17)21(32)28-19-22(33)31-20(24(34)35)16(12-37-23(19)31)11-30-9-7-15(8-10-30)14-5-3-2-4-6-14/h2-10,13,19,23H,11-12H2,1H3,(H3-,26,27,28,32,34,35)/p+1/b29-18-/t19-,23-/m1/s1. The van der Waals surface area contributed by atoms with E-state index in [0.717, 1.165) is 22.5 Å². The molecule has 13 heteroatoms. The Bertz CT molecular complexity index is 1450. The highest BCUT2D eigenvalue weighted by Gasteiger charge is 2.54. The van der Waals surface area contributed by atoms with Crippen LogP contribution in [0.1, 0.15) is 5.69 Å². The number of hydrogen-bond donors (Lipinski definition) is 3. The number of pyridine rings is 1. The van der Waals surface area contributed by atoms with E-state index in [4.69, 9.17) is 10.6 Å². The lowest BCUT2D eigenvalue weighted by Gasteiger charge is -2.49. The maximum absolute atomic E-state index is 13.1. The molecule has 2 aliphatic heterocycles. The number of aliphatic carboxylic acids is 1. The van der Waals surface area contributed by atoms with Crippen LogP contribution >= 0.6 is 23.1 Å². The average molecular weight is 552 g/mol. The van der Waals surface area contributed by atoms with Gasteiger partial charge in [0.05, 0.1) is 0 Å². The summed E-state index contributed by atoms with van der Waals surface area (Å²) in [4.78, 5) is 48.2. The van der Waals surface area contributed by atoms with Crippen molar-refractivity contribution in [2.45, 2.75) is 18.0 Å². The maximum atomic E-state index is 13.1. The van der Waals surface area contributed by atoms with Gasteiger partial charge in [-0.25, -0.2) is 14.3 Å². The second kappa shape index (κ2) is 10.6. The van der Waals surface area contributed by atoms with E-state index in [1.807, 2.05) is 59.4 Å². The normalized spacial score (nSPS) is 19.0. The molecular weight excluding hydrogens is 528 g/mol. The van der Waals surface area contributed by atoms with Gasteiger partial charge in [0.25, 0.3) is 11.8 Å². The largest absolute Gasteiger partial charge is 0.477 e. The number of aromatic nitrogens is 2. The molecule has 5 rings (SSSR count). The predicted molar refractivity (Wildman–Crippen MR) is 142 cm³/mol. The molecule has 0 bridgehead atoms. The van der Waals surface area contributed by atoms with Crippen molar-refractivity contribution in [3.05, 3.63) is 77.2 Å². The van der Waals surface area contributed by atoms with Crippen LogP contribution in [0.4, 0.5) is 5.13 Å². The third kappa shape index (κ3) is 4.85. The number of rotatable bonds is 8. The summed E-state index contributed by atoms with van der Waals surface area (Å²) in [6.45, 7) is 0.313. The number of benzene rings is 1. The van der Waals surface area contributed by atoms with E-state index in [9.17, 15) is 19.5 Å². The van der Waals surface area contributed by atoms with Crippen molar-refractivity contribution in [3.63, 3.8) is 0 Å². The number of carboxylic acids is 1. The number of β-lactam (4-membered cyclic amide) rings is 1. The molecule has 3 aromatic rings. The van der Waals surface area contributed by atoms with Crippen molar-refractivity contribution in [3.8, 4) is 11.1 Å². The minimum atomic E-state index is -1.19. The molecule has 0 radical (unpaired) electrons. The van der Waals surface area contributed by atoms with Crippen LogP contribution in [0, 0.1) is 0 Å². The fourth-order valence-electron chi connectivity index (χ4n) is 4.31. The lowest BCUT2D eigenvalue weighted by atomic mass is 10.0. The Morgan fingerprint density at radius 3 is 2.58 bits per heavy atom. The zero-order valence-electron chi connectivity index (χ0n) is 20.1. The number of carbonyl (C=O) groups is 3. The lowest BCUT2D eigenvalue weighted by Crippen LogP contribution is -2.71. The SMILES string of the molecule is CO/N=C(\C(=O)N[C@@H]1C(=O)N2C(C(=O)O)=C(C[n+]3ccc(-c4ccccc4)cc3)CS[C@H]12)c1csc(N)n1. The number of carboxylic acid groups (broad SMARTS) is 1. The van der Waals surface area contributed by atoms with Gasteiger partial charge in [0, 0.05) is 28.8 Å². The van der Waals surface area contributed by atoms with Gasteiger partial charge in [-0.2, -0.15) is 0 Å². The molecule has 4 heterocycles. The molecule has 0 aliphatic carbocycles. The molecule has 11 nitrogen and oxygen atoms in total. The molecule has 2 amide bonds. The minimum absolute atomic E-state index is 0.0538. The predicted octanol–water partition coefficient (Wildman–Crippen LogP) is 1.47. The number of anilines is 1. The molecule has 2 atom stereocenters. The van der Waals surface area contributed by atoms with Crippen LogP contribution in [0.15, 0.2) is 76.7 Å². The quantitative estimate of drug-likeness (QED) is 0.165. The summed E-state index contributed by atoms with van der Waals surface area (Å²) in [6, 6.07) is 12.9. The van der Waals surface area contributed by atoms with Gasteiger partial charge in [-0.15, -0.1) is 23.1 Å². The second-order valence-electron chi connectivity index (χ2n) is 8.44. The Morgan fingerprint density at radius 2 is 1.95 bits per heavy atom. The number of oxime groups is 1. The molecular formula is C25H23N6O5S2+. The summed E-state index contributed by atoms with van der Waals surface area (Å²) in [7, 11) is 1.29. The van der Waals surface area contributed by atoms with Gasteiger partial charge in [0.2, 0.25) is 0 Å². The van der Waals surface area contributed by atoms with Crippen LogP contribution in [0.25, 0.3) is 11.1 Å². The van der Waals surface area contributed by atoms with E-state index >= 15 is 0 Å². The first kappa shape index (κ1) is 25.4. The number of hydrogen-bond acceptors (Lipinski definition) is 9. The number of thiazole rings is 1. The molecule has 0 spiro atoms. The van der Waals surface area contributed by atoms with Crippen LogP contribution in [0.5, 0.6) is 0 Å². The van der Waals surface area contributed by atoms with Gasteiger partial charge in [-0.1, -0.05) is 35.5 Å². The monoisotopic (exact) mass is 551 g/mol. The number of nitrogens with one attached hydrogen (secondary N) is 1. The van der Waals surface area contributed by atoms with E-state index in [0.29, 0.717) is 17.9 Å². The highest BCUT2D eigenvalue weighted by molar-refractivity contribution is 8.00. The molecule has 2 aliphatic rings. The molecule has 1 saturated heterocycles. The van der Waals surface area contributed by atoms with Crippen molar-refractivity contribution in [2.75, 3.05) is 18.6 Å². The fraction of sp³-hybridized carbons (Fsp3) is 0.200. The topological polar surface area (TPSA) is 151 Å². The van der Waals surface area contributed by atoms with Crippen molar-refractivity contribution >= 4 is 51.7 Å². The van der Waals surface area contributed by atoms with E-state index in [-0.39, 0.29) is 22.2 Å². The van der Waals surface area contributed by atoms with Gasteiger partial charge in [-0.05, 0) is 11.1 Å². The van der Waals surface area contributed by atoms with E-state index < -0.39 is 29.2 Å². The van der Waals surface area contributed by atoms with Gasteiger partial charge in [0.15, 0.2) is 29.8 Å². The Kier molecular flexibility index (Phi) is 7.11. The maximum Gasteiger partial charge on any atom is 0.352 e. The molecule has 194 valence electrons.